The smallest absolute Gasteiger partial charge is 0.407 e. The minimum atomic E-state index is -1.02. The molecule has 1 aliphatic carbocycles. The minimum Gasteiger partial charge on any atom is -0.480 e. The second kappa shape index (κ2) is 9.99. The Kier molecular flexibility index (Phi) is 6.68. The van der Waals surface area contributed by atoms with Gasteiger partial charge in [-0.05, 0) is 28.7 Å². The molecule has 2 amide bonds. The largest absolute Gasteiger partial charge is 0.480 e. The molecule has 0 atom stereocenters. The maximum Gasteiger partial charge on any atom is 0.407 e. The number of amides is 2. The summed E-state index contributed by atoms with van der Waals surface area (Å²) in [4.78, 5) is 34.8. The number of aliphatic carboxylic acids is 1. The third-order valence-corrected chi connectivity index (χ3v) is 5.41. The molecule has 4 rings (SSSR count). The Morgan fingerprint density at radius 3 is 2.36 bits per heavy atom. The first kappa shape index (κ1) is 22.1. The van der Waals surface area contributed by atoms with Gasteiger partial charge in [0.15, 0.2) is 0 Å². The highest BCUT2D eigenvalue weighted by atomic mass is 16.5. The second-order valence-electron chi connectivity index (χ2n) is 7.72. The van der Waals surface area contributed by atoms with Gasteiger partial charge in [-0.3, -0.25) is 14.3 Å². The van der Waals surface area contributed by atoms with E-state index in [0.29, 0.717) is 18.7 Å². The molecule has 33 heavy (non-hydrogen) atoms. The Morgan fingerprint density at radius 2 is 1.70 bits per heavy atom. The first-order valence-corrected chi connectivity index (χ1v) is 10.6. The van der Waals surface area contributed by atoms with E-state index in [1.807, 2.05) is 24.3 Å². The van der Waals surface area contributed by atoms with Gasteiger partial charge in [-0.2, -0.15) is 5.10 Å². The fourth-order valence-corrected chi connectivity index (χ4v) is 3.97. The maximum absolute atomic E-state index is 12.2. The quantitative estimate of drug-likeness (QED) is 0.432. The lowest BCUT2D eigenvalue weighted by atomic mass is 9.98. The Hall–Kier alpha value is -4.14. The fraction of sp³-hybridized carbons (Fsp3) is 0.250. The SMILES string of the molecule is O=C(O)Cn1cc(NC(=O)CCCNC(=O)OCC2c3ccccc3-c3ccccc32)cn1. The average Bonchev–Trinajstić information content (AvgIpc) is 3.36. The Labute approximate surface area is 190 Å². The van der Waals surface area contributed by atoms with Crippen LogP contribution in [-0.4, -0.2) is 46.0 Å². The standard InChI is InChI=1S/C24H24N4O5/c29-22(27-16-12-26-28(13-16)14-23(30)31)10-5-11-25-24(32)33-15-21-19-8-3-1-6-17(19)18-7-2-4-9-20(18)21/h1-4,6-9,12-13,21H,5,10-11,14-15H2,(H,25,32)(H,27,29)(H,30,31). The molecule has 1 heterocycles. The predicted octanol–water partition coefficient (Wildman–Crippen LogP) is 3.23. The maximum atomic E-state index is 12.2. The predicted molar refractivity (Wildman–Crippen MR) is 121 cm³/mol. The van der Waals surface area contributed by atoms with E-state index in [1.165, 1.54) is 28.2 Å². The summed E-state index contributed by atoms with van der Waals surface area (Å²) in [6.45, 7) is 0.253. The van der Waals surface area contributed by atoms with Gasteiger partial charge in [-0.1, -0.05) is 48.5 Å². The van der Waals surface area contributed by atoms with Crippen LogP contribution in [0.3, 0.4) is 0 Å². The van der Waals surface area contributed by atoms with Crippen LogP contribution in [0.5, 0.6) is 0 Å². The van der Waals surface area contributed by atoms with E-state index in [9.17, 15) is 14.4 Å². The highest BCUT2D eigenvalue weighted by molar-refractivity contribution is 5.90. The molecule has 0 radical (unpaired) electrons. The van der Waals surface area contributed by atoms with Crippen molar-refractivity contribution in [2.24, 2.45) is 0 Å². The number of carbonyl (C=O) groups is 3. The third kappa shape index (κ3) is 5.38. The number of anilines is 1. The van der Waals surface area contributed by atoms with Gasteiger partial charge in [0.05, 0.1) is 11.9 Å². The fourth-order valence-electron chi connectivity index (χ4n) is 3.97. The van der Waals surface area contributed by atoms with Crippen LogP contribution in [0.2, 0.25) is 0 Å². The Morgan fingerprint density at radius 1 is 1.03 bits per heavy atom. The molecule has 3 N–H and O–H groups in total. The van der Waals surface area contributed by atoms with Gasteiger partial charge in [0.2, 0.25) is 5.91 Å². The topological polar surface area (TPSA) is 123 Å². The van der Waals surface area contributed by atoms with Crippen LogP contribution >= 0.6 is 0 Å². The second-order valence-corrected chi connectivity index (χ2v) is 7.72. The number of aromatic nitrogens is 2. The van der Waals surface area contributed by atoms with Crippen molar-refractivity contribution in [1.29, 1.82) is 0 Å². The molecule has 9 nitrogen and oxygen atoms in total. The first-order valence-electron chi connectivity index (χ1n) is 10.6. The van der Waals surface area contributed by atoms with Gasteiger partial charge in [0.1, 0.15) is 13.2 Å². The highest BCUT2D eigenvalue weighted by Gasteiger charge is 2.28. The van der Waals surface area contributed by atoms with Gasteiger partial charge in [-0.25, -0.2) is 4.79 Å². The Balaban J connectivity index is 1.19. The van der Waals surface area contributed by atoms with Gasteiger partial charge in [0, 0.05) is 25.1 Å². The number of nitrogens with zero attached hydrogens (tertiary/aromatic N) is 2. The zero-order valence-corrected chi connectivity index (χ0v) is 17.9. The summed E-state index contributed by atoms with van der Waals surface area (Å²) in [6.07, 6.45) is 2.93. The monoisotopic (exact) mass is 448 g/mol. The number of nitrogens with one attached hydrogen (secondary N) is 2. The summed E-state index contributed by atoms with van der Waals surface area (Å²) < 4.78 is 6.69. The normalized spacial score (nSPS) is 12.0. The van der Waals surface area contributed by atoms with Crippen molar-refractivity contribution in [3.8, 4) is 11.1 Å². The molecule has 1 aromatic heterocycles. The van der Waals surface area contributed by atoms with Crippen molar-refractivity contribution in [1.82, 2.24) is 15.1 Å². The van der Waals surface area contributed by atoms with E-state index in [2.05, 4.69) is 40.0 Å². The molecule has 1 aliphatic rings. The van der Waals surface area contributed by atoms with E-state index >= 15 is 0 Å². The lowest BCUT2D eigenvalue weighted by molar-refractivity contribution is -0.137. The first-order chi connectivity index (χ1) is 16.0. The van der Waals surface area contributed by atoms with Crippen molar-refractivity contribution in [2.75, 3.05) is 18.5 Å². The number of hydrogen-bond acceptors (Lipinski definition) is 5. The lowest BCUT2D eigenvalue weighted by Gasteiger charge is -2.14. The van der Waals surface area contributed by atoms with Gasteiger partial charge in [-0.15, -0.1) is 0 Å². The molecule has 0 unspecified atom stereocenters. The average molecular weight is 448 g/mol. The van der Waals surface area contributed by atoms with E-state index in [0.717, 1.165) is 11.1 Å². The summed E-state index contributed by atoms with van der Waals surface area (Å²) in [5, 5.41) is 17.9. The van der Waals surface area contributed by atoms with Crippen molar-refractivity contribution in [3.05, 3.63) is 72.1 Å². The molecule has 0 aliphatic heterocycles. The van der Waals surface area contributed by atoms with Gasteiger partial charge >= 0.3 is 12.1 Å². The summed E-state index contributed by atoms with van der Waals surface area (Å²) in [5.74, 6) is -1.27. The number of fused-ring (bicyclic) bond motifs is 3. The third-order valence-electron chi connectivity index (χ3n) is 5.41. The van der Waals surface area contributed by atoms with Crippen molar-refractivity contribution >= 4 is 23.7 Å². The molecular formula is C24H24N4O5. The number of benzene rings is 2. The summed E-state index contributed by atoms with van der Waals surface area (Å²) in [6, 6.07) is 16.3. The number of rotatable bonds is 9. The van der Waals surface area contributed by atoms with E-state index in [-0.39, 0.29) is 31.4 Å². The molecule has 0 saturated heterocycles. The van der Waals surface area contributed by atoms with Crippen LogP contribution in [0.4, 0.5) is 10.5 Å². The van der Waals surface area contributed by atoms with Crippen LogP contribution < -0.4 is 10.6 Å². The summed E-state index contributed by atoms with van der Waals surface area (Å²) in [7, 11) is 0. The van der Waals surface area contributed by atoms with Crippen molar-refractivity contribution < 1.29 is 24.2 Å². The molecule has 3 aromatic rings. The number of carboxylic acid groups (broad SMARTS) is 1. The van der Waals surface area contributed by atoms with Crippen molar-refractivity contribution in [3.63, 3.8) is 0 Å². The number of ether oxygens (including phenoxy) is 1. The molecule has 0 spiro atoms. The number of carbonyl (C=O) groups excluding carboxylic acids is 2. The van der Waals surface area contributed by atoms with Crippen LogP contribution in [0.1, 0.15) is 29.9 Å². The van der Waals surface area contributed by atoms with Crippen LogP contribution in [0.15, 0.2) is 60.9 Å². The van der Waals surface area contributed by atoms with E-state index < -0.39 is 12.1 Å². The number of carboxylic acids is 1. The molecular weight excluding hydrogens is 424 g/mol. The van der Waals surface area contributed by atoms with Crippen LogP contribution in [0, 0.1) is 0 Å². The summed E-state index contributed by atoms with van der Waals surface area (Å²) >= 11 is 0. The lowest BCUT2D eigenvalue weighted by Crippen LogP contribution is -2.27. The zero-order valence-electron chi connectivity index (χ0n) is 17.9. The molecule has 2 aromatic carbocycles. The number of hydrogen-bond donors (Lipinski definition) is 3. The molecule has 170 valence electrons. The van der Waals surface area contributed by atoms with E-state index in [4.69, 9.17) is 9.84 Å². The molecule has 9 heteroatoms. The van der Waals surface area contributed by atoms with Gasteiger partial charge in [0.25, 0.3) is 0 Å². The molecule has 0 saturated carbocycles. The Bertz CT molecular complexity index is 1130. The van der Waals surface area contributed by atoms with Crippen molar-refractivity contribution in [2.45, 2.75) is 25.3 Å². The zero-order chi connectivity index (χ0) is 23.2. The molecule has 0 fully saturated rings. The minimum absolute atomic E-state index is 0.00373. The highest BCUT2D eigenvalue weighted by Crippen LogP contribution is 2.44. The summed E-state index contributed by atoms with van der Waals surface area (Å²) in [5.41, 5.74) is 5.05. The molecule has 0 bridgehead atoms. The van der Waals surface area contributed by atoms with Crippen LogP contribution in [-0.2, 0) is 20.9 Å². The van der Waals surface area contributed by atoms with Gasteiger partial charge < -0.3 is 20.5 Å². The number of alkyl carbamates (subject to hydrolysis) is 1. The van der Waals surface area contributed by atoms with E-state index in [1.54, 1.807) is 0 Å². The van der Waals surface area contributed by atoms with Crippen LogP contribution in [0.25, 0.3) is 11.1 Å².